The number of anilines is 1. The number of nitrogens with one attached hydrogen (secondary N) is 1. The van der Waals surface area contributed by atoms with E-state index in [1.807, 2.05) is 0 Å². The van der Waals surface area contributed by atoms with Crippen LogP contribution in [0, 0.1) is 11.3 Å². The van der Waals surface area contributed by atoms with Crippen molar-refractivity contribution in [2.24, 2.45) is 11.7 Å². The van der Waals surface area contributed by atoms with Crippen LogP contribution in [0.1, 0.15) is 32.3 Å². The van der Waals surface area contributed by atoms with Crippen molar-refractivity contribution in [1.29, 1.82) is 5.41 Å². The van der Waals surface area contributed by atoms with E-state index in [0.29, 0.717) is 0 Å². The van der Waals surface area contributed by atoms with E-state index in [-0.39, 0.29) is 5.84 Å². The number of thioether (sulfide) groups is 1. The Morgan fingerprint density at radius 2 is 2.26 bits per heavy atom. The summed E-state index contributed by atoms with van der Waals surface area (Å²) in [6, 6.07) is 6.26. The lowest BCUT2D eigenvalue weighted by molar-refractivity contribution is 0.569. The minimum atomic E-state index is 0.187. The summed E-state index contributed by atoms with van der Waals surface area (Å²) in [7, 11) is 0. The predicted molar refractivity (Wildman–Crippen MR) is 84.5 cm³/mol. The summed E-state index contributed by atoms with van der Waals surface area (Å²) in [6.45, 7) is 6.56. The van der Waals surface area contributed by atoms with Crippen molar-refractivity contribution in [3.63, 3.8) is 0 Å². The highest BCUT2D eigenvalue weighted by atomic mass is 32.2. The summed E-state index contributed by atoms with van der Waals surface area (Å²) >= 11 is 1.76. The second kappa shape index (κ2) is 6.33. The highest BCUT2D eigenvalue weighted by Crippen LogP contribution is 2.33. The Morgan fingerprint density at radius 3 is 2.84 bits per heavy atom. The summed E-state index contributed by atoms with van der Waals surface area (Å²) in [4.78, 5) is 3.53. The fraction of sp³-hybridized carbons (Fsp3) is 0.533. The Morgan fingerprint density at radius 1 is 1.47 bits per heavy atom. The zero-order chi connectivity index (χ0) is 13.8. The Labute approximate surface area is 120 Å². The number of nitrogens with two attached hydrogens (primary N) is 1. The molecule has 1 aliphatic heterocycles. The van der Waals surface area contributed by atoms with Crippen molar-refractivity contribution in [2.45, 2.75) is 31.6 Å². The van der Waals surface area contributed by atoms with Gasteiger partial charge in [0.25, 0.3) is 0 Å². The van der Waals surface area contributed by atoms with Gasteiger partial charge >= 0.3 is 0 Å². The lowest BCUT2D eigenvalue weighted by Crippen LogP contribution is -2.24. The fourth-order valence-electron chi connectivity index (χ4n) is 2.71. The van der Waals surface area contributed by atoms with E-state index in [1.165, 1.54) is 12.8 Å². The van der Waals surface area contributed by atoms with Crippen molar-refractivity contribution >= 4 is 23.3 Å². The van der Waals surface area contributed by atoms with E-state index in [4.69, 9.17) is 11.1 Å². The molecule has 1 aromatic carbocycles. The molecule has 0 aromatic heterocycles. The molecule has 2 rings (SSSR count). The van der Waals surface area contributed by atoms with Gasteiger partial charge in [-0.2, -0.15) is 0 Å². The maximum Gasteiger partial charge on any atom is 0.126 e. The summed E-state index contributed by atoms with van der Waals surface area (Å²) in [5.74, 6) is 1.97. The molecule has 1 heterocycles. The van der Waals surface area contributed by atoms with Crippen molar-refractivity contribution in [3.05, 3.63) is 23.8 Å². The number of nitrogens with zero attached hydrogens (tertiary/aromatic N) is 1. The standard InChI is InChI=1S/C15H23N3S/c1-3-11-8-9-18(10-11)12-6-5-7-13(19-4-2)14(12)15(16)17/h5-7,11H,3-4,8-10H2,1-2H3,(H3,16,17). The molecule has 0 saturated carbocycles. The first-order valence-corrected chi connectivity index (χ1v) is 8.01. The number of hydrogen-bond acceptors (Lipinski definition) is 3. The van der Waals surface area contributed by atoms with Crippen LogP contribution < -0.4 is 10.6 Å². The van der Waals surface area contributed by atoms with Crippen molar-refractivity contribution in [1.82, 2.24) is 0 Å². The Hall–Kier alpha value is -1.16. The van der Waals surface area contributed by atoms with Gasteiger partial charge in [-0.1, -0.05) is 26.3 Å². The van der Waals surface area contributed by atoms with E-state index in [0.717, 1.165) is 40.9 Å². The summed E-state index contributed by atoms with van der Waals surface area (Å²) in [5.41, 5.74) is 7.89. The van der Waals surface area contributed by atoms with Gasteiger partial charge in [-0.25, -0.2) is 0 Å². The van der Waals surface area contributed by atoms with E-state index < -0.39 is 0 Å². The highest BCUT2D eigenvalue weighted by molar-refractivity contribution is 7.99. The molecule has 19 heavy (non-hydrogen) atoms. The molecule has 104 valence electrons. The number of benzene rings is 1. The van der Waals surface area contributed by atoms with Crippen molar-refractivity contribution in [3.8, 4) is 0 Å². The number of nitrogen functional groups attached to an aromatic ring is 1. The zero-order valence-corrected chi connectivity index (χ0v) is 12.6. The van der Waals surface area contributed by atoms with E-state index in [1.54, 1.807) is 11.8 Å². The Bertz CT molecular complexity index is 459. The van der Waals surface area contributed by atoms with Gasteiger partial charge in [-0.05, 0) is 30.2 Å². The highest BCUT2D eigenvalue weighted by Gasteiger charge is 2.24. The lowest BCUT2D eigenvalue weighted by Gasteiger charge is -2.23. The maximum absolute atomic E-state index is 7.89. The molecule has 4 heteroatoms. The molecule has 1 aromatic rings. The minimum Gasteiger partial charge on any atom is -0.384 e. The molecular weight excluding hydrogens is 254 g/mol. The smallest absolute Gasteiger partial charge is 0.126 e. The summed E-state index contributed by atoms with van der Waals surface area (Å²) < 4.78 is 0. The normalized spacial score (nSPS) is 18.8. The van der Waals surface area contributed by atoms with Crippen molar-refractivity contribution < 1.29 is 0 Å². The molecule has 3 nitrogen and oxygen atoms in total. The largest absolute Gasteiger partial charge is 0.384 e. The number of hydrogen-bond donors (Lipinski definition) is 2. The molecule has 0 bridgehead atoms. The third-order valence-electron chi connectivity index (χ3n) is 3.78. The number of rotatable bonds is 5. The molecular formula is C15H23N3S. The molecule has 1 aliphatic rings. The molecule has 1 atom stereocenters. The average Bonchev–Trinajstić information content (AvgIpc) is 2.87. The molecule has 1 unspecified atom stereocenters. The molecule has 1 fully saturated rings. The van der Waals surface area contributed by atoms with Gasteiger partial charge in [-0.3, -0.25) is 5.41 Å². The van der Waals surface area contributed by atoms with Gasteiger partial charge in [0.1, 0.15) is 5.84 Å². The lowest BCUT2D eigenvalue weighted by atomic mass is 10.1. The van der Waals surface area contributed by atoms with Gasteiger partial charge in [0, 0.05) is 23.7 Å². The Balaban J connectivity index is 2.34. The van der Waals surface area contributed by atoms with Gasteiger partial charge in [0.15, 0.2) is 0 Å². The van der Waals surface area contributed by atoms with Crippen LogP contribution >= 0.6 is 11.8 Å². The maximum atomic E-state index is 7.89. The van der Waals surface area contributed by atoms with Crippen LogP contribution in [0.5, 0.6) is 0 Å². The SMILES string of the molecule is CCSc1cccc(N2CCC(CC)C2)c1C(=N)N. The first-order valence-electron chi connectivity index (χ1n) is 7.02. The minimum absolute atomic E-state index is 0.187. The third-order valence-corrected chi connectivity index (χ3v) is 4.72. The predicted octanol–water partition coefficient (Wildman–Crippen LogP) is 3.32. The zero-order valence-electron chi connectivity index (χ0n) is 11.8. The van der Waals surface area contributed by atoms with Crippen LogP contribution in [0.3, 0.4) is 0 Å². The van der Waals surface area contributed by atoms with E-state index in [9.17, 15) is 0 Å². The van der Waals surface area contributed by atoms with Gasteiger partial charge in [0.2, 0.25) is 0 Å². The van der Waals surface area contributed by atoms with Gasteiger partial charge < -0.3 is 10.6 Å². The molecule has 0 radical (unpaired) electrons. The second-order valence-corrected chi connectivity index (χ2v) is 6.31. The summed E-state index contributed by atoms with van der Waals surface area (Å²) in [5, 5.41) is 7.89. The van der Waals surface area contributed by atoms with Crippen LogP contribution in [0.15, 0.2) is 23.1 Å². The van der Waals surface area contributed by atoms with Crippen LogP contribution in [0.25, 0.3) is 0 Å². The molecule has 0 amide bonds. The summed E-state index contributed by atoms with van der Waals surface area (Å²) in [6.07, 6.45) is 2.48. The first kappa shape index (κ1) is 14.3. The van der Waals surface area contributed by atoms with Crippen LogP contribution in [-0.4, -0.2) is 24.7 Å². The molecule has 1 saturated heterocycles. The quantitative estimate of drug-likeness (QED) is 0.493. The molecule has 0 spiro atoms. The van der Waals surface area contributed by atoms with Crippen LogP contribution in [0.4, 0.5) is 5.69 Å². The number of amidine groups is 1. The fourth-order valence-corrected chi connectivity index (χ4v) is 3.56. The average molecular weight is 277 g/mol. The van der Waals surface area contributed by atoms with Crippen molar-refractivity contribution in [2.75, 3.05) is 23.7 Å². The third kappa shape index (κ3) is 3.06. The van der Waals surface area contributed by atoms with E-state index in [2.05, 4.69) is 36.9 Å². The molecule has 0 aliphatic carbocycles. The van der Waals surface area contributed by atoms with Crippen LogP contribution in [0.2, 0.25) is 0 Å². The first-order chi connectivity index (χ1) is 9.17. The van der Waals surface area contributed by atoms with Crippen LogP contribution in [-0.2, 0) is 0 Å². The monoisotopic (exact) mass is 277 g/mol. The van der Waals surface area contributed by atoms with Gasteiger partial charge in [-0.15, -0.1) is 11.8 Å². The molecule has 3 N–H and O–H groups in total. The Kier molecular flexibility index (Phi) is 4.75. The second-order valence-electron chi connectivity index (χ2n) is 5.01. The van der Waals surface area contributed by atoms with Gasteiger partial charge in [0.05, 0.1) is 5.56 Å². The topological polar surface area (TPSA) is 53.1 Å². The van der Waals surface area contributed by atoms with E-state index >= 15 is 0 Å².